The van der Waals surface area contributed by atoms with Crippen LogP contribution < -0.4 is 20.3 Å². The van der Waals surface area contributed by atoms with Crippen molar-refractivity contribution < 1.29 is 13.9 Å². The van der Waals surface area contributed by atoms with Gasteiger partial charge in [-0.2, -0.15) is 0 Å². The lowest BCUT2D eigenvalue weighted by molar-refractivity contribution is 0.246. The number of carbonyl (C=O) groups excluding carboxylic acids is 1. The first kappa shape index (κ1) is 18.0. The van der Waals surface area contributed by atoms with Gasteiger partial charge in [0.2, 0.25) is 0 Å². The molecular formula is C20H24FN3O2. The van der Waals surface area contributed by atoms with Crippen LogP contribution in [-0.4, -0.2) is 31.8 Å². The number of hydrogen-bond acceptors (Lipinski definition) is 3. The van der Waals surface area contributed by atoms with E-state index in [1.807, 2.05) is 18.2 Å². The van der Waals surface area contributed by atoms with Crippen LogP contribution in [0.15, 0.2) is 48.5 Å². The maximum Gasteiger partial charge on any atom is 0.319 e. The third kappa shape index (κ3) is 4.65. The summed E-state index contributed by atoms with van der Waals surface area (Å²) in [6.45, 7) is 3.98. The summed E-state index contributed by atoms with van der Waals surface area (Å²) in [5, 5.41) is 5.65. The summed E-state index contributed by atoms with van der Waals surface area (Å²) in [6.07, 6.45) is 1.75. The molecule has 0 saturated carbocycles. The fourth-order valence-electron chi connectivity index (χ4n) is 3.12. The molecule has 0 unspecified atom stereocenters. The molecule has 3 rings (SSSR count). The van der Waals surface area contributed by atoms with Crippen molar-refractivity contribution in [2.45, 2.75) is 25.8 Å². The van der Waals surface area contributed by atoms with E-state index in [2.05, 4.69) is 27.7 Å². The molecule has 1 heterocycles. The maximum absolute atomic E-state index is 13.8. The summed E-state index contributed by atoms with van der Waals surface area (Å²) in [4.78, 5) is 14.5. The van der Waals surface area contributed by atoms with Crippen molar-refractivity contribution in [3.8, 4) is 5.75 Å². The first-order valence-corrected chi connectivity index (χ1v) is 8.95. The van der Waals surface area contributed by atoms with Crippen LogP contribution in [0.3, 0.4) is 0 Å². The number of ether oxygens (including phenoxy) is 1. The van der Waals surface area contributed by atoms with Crippen LogP contribution >= 0.6 is 0 Å². The van der Waals surface area contributed by atoms with Gasteiger partial charge in [0.25, 0.3) is 0 Å². The molecule has 1 saturated heterocycles. The highest BCUT2D eigenvalue weighted by molar-refractivity contribution is 5.89. The second-order valence-corrected chi connectivity index (χ2v) is 6.27. The summed E-state index contributed by atoms with van der Waals surface area (Å²) in [7, 11) is 0. The standard InChI is InChI=1S/C20H24FN3O2/c1-2-26-19-9-8-16(14-18(19)21)23-20(25)22-15-10-12-24(13-11-15)17-6-4-3-5-7-17/h3-9,14-15H,2,10-13H2,1H3,(H2,22,23,25). The number of nitrogens with zero attached hydrogens (tertiary/aromatic N) is 1. The molecule has 0 aromatic heterocycles. The van der Waals surface area contributed by atoms with Crippen LogP contribution in [0.4, 0.5) is 20.6 Å². The molecule has 2 amide bonds. The van der Waals surface area contributed by atoms with Crippen molar-refractivity contribution in [2.75, 3.05) is 29.9 Å². The van der Waals surface area contributed by atoms with E-state index in [1.165, 1.54) is 17.8 Å². The van der Waals surface area contributed by atoms with E-state index in [9.17, 15) is 9.18 Å². The predicted octanol–water partition coefficient (Wildman–Crippen LogP) is 4.01. The van der Waals surface area contributed by atoms with E-state index in [0.717, 1.165) is 25.9 Å². The van der Waals surface area contributed by atoms with Crippen molar-refractivity contribution in [1.82, 2.24) is 5.32 Å². The van der Waals surface area contributed by atoms with Crippen LogP contribution in [0.1, 0.15) is 19.8 Å². The van der Waals surface area contributed by atoms with Gasteiger partial charge in [-0.15, -0.1) is 0 Å². The molecule has 5 nitrogen and oxygen atoms in total. The second kappa shape index (κ2) is 8.56. The molecule has 1 aliphatic rings. The van der Waals surface area contributed by atoms with Crippen molar-refractivity contribution in [2.24, 2.45) is 0 Å². The monoisotopic (exact) mass is 357 g/mol. The van der Waals surface area contributed by atoms with Crippen molar-refractivity contribution >= 4 is 17.4 Å². The van der Waals surface area contributed by atoms with E-state index in [0.29, 0.717) is 12.3 Å². The van der Waals surface area contributed by atoms with Crippen LogP contribution in [0, 0.1) is 5.82 Å². The van der Waals surface area contributed by atoms with Crippen molar-refractivity contribution in [3.05, 3.63) is 54.3 Å². The number of rotatable bonds is 5. The molecule has 1 aliphatic heterocycles. The Morgan fingerprint density at radius 1 is 1.19 bits per heavy atom. The third-order valence-corrected chi connectivity index (χ3v) is 4.44. The number of benzene rings is 2. The molecule has 26 heavy (non-hydrogen) atoms. The molecule has 2 aromatic rings. The molecule has 138 valence electrons. The minimum atomic E-state index is -0.485. The summed E-state index contributed by atoms with van der Waals surface area (Å²) in [6, 6.07) is 14.5. The first-order chi connectivity index (χ1) is 12.7. The minimum Gasteiger partial charge on any atom is -0.491 e. The van der Waals surface area contributed by atoms with Gasteiger partial charge < -0.3 is 20.3 Å². The zero-order valence-electron chi connectivity index (χ0n) is 14.9. The Morgan fingerprint density at radius 3 is 2.58 bits per heavy atom. The highest BCUT2D eigenvalue weighted by Crippen LogP contribution is 2.22. The highest BCUT2D eigenvalue weighted by atomic mass is 19.1. The first-order valence-electron chi connectivity index (χ1n) is 8.95. The van der Waals surface area contributed by atoms with Crippen molar-refractivity contribution in [1.29, 1.82) is 0 Å². The maximum atomic E-state index is 13.8. The molecule has 0 radical (unpaired) electrons. The van der Waals surface area contributed by atoms with Gasteiger partial charge in [-0.1, -0.05) is 18.2 Å². The molecule has 1 fully saturated rings. The molecule has 0 bridgehead atoms. The quantitative estimate of drug-likeness (QED) is 0.850. The molecule has 6 heteroatoms. The normalized spacial score (nSPS) is 14.8. The highest BCUT2D eigenvalue weighted by Gasteiger charge is 2.21. The average Bonchev–Trinajstić information content (AvgIpc) is 2.65. The number of hydrogen-bond donors (Lipinski definition) is 2. The van der Waals surface area contributed by atoms with E-state index in [1.54, 1.807) is 13.0 Å². The number of halogens is 1. The summed E-state index contributed by atoms with van der Waals surface area (Å²) < 4.78 is 19.0. The topological polar surface area (TPSA) is 53.6 Å². The van der Waals surface area contributed by atoms with Gasteiger partial charge >= 0.3 is 6.03 Å². The number of para-hydroxylation sites is 1. The molecule has 2 N–H and O–H groups in total. The van der Waals surface area contributed by atoms with Gasteiger partial charge in [0, 0.05) is 36.6 Å². The number of carbonyl (C=O) groups is 1. The van der Waals surface area contributed by atoms with Gasteiger partial charge in [-0.25, -0.2) is 9.18 Å². The number of urea groups is 1. The number of anilines is 2. The molecule has 2 aromatic carbocycles. The molecular weight excluding hydrogens is 333 g/mol. The van der Waals surface area contributed by atoms with Gasteiger partial charge in [0.05, 0.1) is 6.61 Å². The minimum absolute atomic E-state index is 0.113. The van der Waals surface area contributed by atoms with E-state index >= 15 is 0 Å². The average molecular weight is 357 g/mol. The smallest absolute Gasteiger partial charge is 0.319 e. The van der Waals surface area contributed by atoms with Gasteiger partial charge in [0.15, 0.2) is 11.6 Å². The van der Waals surface area contributed by atoms with Gasteiger partial charge in [-0.3, -0.25) is 0 Å². The lowest BCUT2D eigenvalue weighted by atomic mass is 10.0. The van der Waals surface area contributed by atoms with Gasteiger partial charge in [0.1, 0.15) is 0 Å². The van der Waals surface area contributed by atoms with Crippen LogP contribution in [0.2, 0.25) is 0 Å². The summed E-state index contributed by atoms with van der Waals surface area (Å²) in [5.41, 5.74) is 1.62. The lowest BCUT2D eigenvalue weighted by Gasteiger charge is -2.33. The zero-order chi connectivity index (χ0) is 18.4. The van der Waals surface area contributed by atoms with Crippen LogP contribution in [0.5, 0.6) is 5.75 Å². The zero-order valence-corrected chi connectivity index (χ0v) is 14.9. The SMILES string of the molecule is CCOc1ccc(NC(=O)NC2CCN(c3ccccc3)CC2)cc1F. The Hall–Kier alpha value is -2.76. The third-order valence-electron chi connectivity index (χ3n) is 4.44. The largest absolute Gasteiger partial charge is 0.491 e. The Labute approximate surface area is 153 Å². The van der Waals surface area contributed by atoms with Crippen LogP contribution in [0.25, 0.3) is 0 Å². The Bertz CT molecular complexity index is 731. The fraction of sp³-hybridized carbons (Fsp3) is 0.350. The van der Waals surface area contributed by atoms with Crippen molar-refractivity contribution in [3.63, 3.8) is 0 Å². The van der Waals surface area contributed by atoms with E-state index in [4.69, 9.17) is 4.74 Å². The number of amides is 2. The summed E-state index contributed by atoms with van der Waals surface area (Å²) in [5.74, 6) is -0.299. The fourth-order valence-corrected chi connectivity index (χ4v) is 3.12. The van der Waals surface area contributed by atoms with E-state index < -0.39 is 5.82 Å². The summed E-state index contributed by atoms with van der Waals surface area (Å²) >= 11 is 0. The Morgan fingerprint density at radius 2 is 1.92 bits per heavy atom. The number of piperidine rings is 1. The lowest BCUT2D eigenvalue weighted by Crippen LogP contribution is -2.46. The van der Waals surface area contributed by atoms with Gasteiger partial charge in [-0.05, 0) is 44.0 Å². The Balaban J connectivity index is 1.48. The molecule has 0 aliphatic carbocycles. The predicted molar refractivity (Wildman–Crippen MR) is 101 cm³/mol. The molecule has 0 atom stereocenters. The van der Waals surface area contributed by atoms with Crippen LogP contribution in [-0.2, 0) is 0 Å². The Kier molecular flexibility index (Phi) is 5.94. The molecule has 0 spiro atoms. The second-order valence-electron chi connectivity index (χ2n) is 6.27. The number of nitrogens with one attached hydrogen (secondary N) is 2. The van der Waals surface area contributed by atoms with E-state index in [-0.39, 0.29) is 17.8 Å².